The van der Waals surface area contributed by atoms with E-state index in [2.05, 4.69) is 0 Å². The molecule has 0 saturated heterocycles. The zero-order chi connectivity index (χ0) is 4.57. The lowest BCUT2D eigenvalue weighted by Crippen LogP contribution is -1.73. The smallest absolute Gasteiger partial charge is 0.104 e. The predicted octanol–water partition coefficient (Wildman–Crippen LogP) is 1.57. The standard InChI is InChI=1S/C5H8F/c1-2-4-3-5(4)6/h2,4-5H,3H2,1H3. The molecule has 0 aromatic carbocycles. The van der Waals surface area contributed by atoms with Crippen LogP contribution < -0.4 is 0 Å². The van der Waals surface area contributed by atoms with Gasteiger partial charge in [0.2, 0.25) is 0 Å². The number of rotatable bonds is 1. The Morgan fingerprint density at radius 2 is 2.33 bits per heavy atom. The van der Waals surface area contributed by atoms with Gasteiger partial charge >= 0.3 is 0 Å². The van der Waals surface area contributed by atoms with E-state index in [0.29, 0.717) is 5.92 Å². The number of alkyl halides is 1. The van der Waals surface area contributed by atoms with E-state index in [9.17, 15) is 4.39 Å². The van der Waals surface area contributed by atoms with Gasteiger partial charge in [-0.25, -0.2) is 4.39 Å². The SMILES string of the molecule is C[CH]C1CC1F. The molecule has 1 aliphatic rings. The van der Waals surface area contributed by atoms with Crippen LogP contribution >= 0.6 is 0 Å². The molecule has 0 N–H and O–H groups in total. The lowest BCUT2D eigenvalue weighted by Gasteiger charge is -1.75. The molecule has 1 fully saturated rings. The molecule has 2 atom stereocenters. The van der Waals surface area contributed by atoms with Gasteiger partial charge in [-0.2, -0.15) is 0 Å². The van der Waals surface area contributed by atoms with E-state index in [1.165, 1.54) is 0 Å². The minimum atomic E-state index is -0.491. The second-order valence-electron chi connectivity index (χ2n) is 1.75. The van der Waals surface area contributed by atoms with Crippen molar-refractivity contribution in [1.29, 1.82) is 0 Å². The molecule has 1 aliphatic carbocycles. The molecule has 2 unspecified atom stereocenters. The molecule has 6 heavy (non-hydrogen) atoms. The molecule has 35 valence electrons. The summed E-state index contributed by atoms with van der Waals surface area (Å²) < 4.78 is 11.7. The monoisotopic (exact) mass is 87.1 g/mol. The Bertz CT molecular complexity index is 49.9. The van der Waals surface area contributed by atoms with Gasteiger partial charge in [0.05, 0.1) is 0 Å². The van der Waals surface area contributed by atoms with Crippen molar-refractivity contribution in [3.8, 4) is 0 Å². The van der Waals surface area contributed by atoms with Crippen LogP contribution in [0.2, 0.25) is 0 Å². The Labute approximate surface area is 37.4 Å². The van der Waals surface area contributed by atoms with Crippen molar-refractivity contribution in [2.24, 2.45) is 5.92 Å². The highest BCUT2D eigenvalue weighted by molar-refractivity contribution is 4.93. The van der Waals surface area contributed by atoms with Gasteiger partial charge in [0.1, 0.15) is 6.17 Å². The molecule has 0 aliphatic heterocycles. The fourth-order valence-corrected chi connectivity index (χ4v) is 0.526. The summed E-state index contributed by atoms with van der Waals surface area (Å²) in [7, 11) is 0. The van der Waals surface area contributed by atoms with E-state index in [1.807, 2.05) is 13.3 Å². The van der Waals surface area contributed by atoms with Gasteiger partial charge in [-0.1, -0.05) is 6.92 Å². The summed E-state index contributed by atoms with van der Waals surface area (Å²) in [6.45, 7) is 1.91. The van der Waals surface area contributed by atoms with E-state index in [-0.39, 0.29) is 0 Å². The van der Waals surface area contributed by atoms with Crippen molar-refractivity contribution in [2.75, 3.05) is 0 Å². The van der Waals surface area contributed by atoms with Crippen LogP contribution in [0.1, 0.15) is 13.3 Å². The lowest BCUT2D eigenvalue weighted by atomic mass is 10.3. The summed E-state index contributed by atoms with van der Waals surface area (Å²) in [5.74, 6) is 0.310. The fourth-order valence-electron chi connectivity index (χ4n) is 0.526. The summed E-state index contributed by atoms with van der Waals surface area (Å²) in [5.41, 5.74) is 0. The van der Waals surface area contributed by atoms with Gasteiger partial charge < -0.3 is 0 Å². The Hall–Kier alpha value is -0.0700. The molecule has 1 radical (unpaired) electrons. The van der Waals surface area contributed by atoms with E-state index >= 15 is 0 Å². The minimum absolute atomic E-state index is 0.310. The molecule has 1 rings (SSSR count). The largest absolute Gasteiger partial charge is 0.247 e. The molecule has 0 nitrogen and oxygen atoms in total. The molecule has 0 spiro atoms. The quantitative estimate of drug-likeness (QED) is 0.455. The predicted molar refractivity (Wildman–Crippen MR) is 23.0 cm³/mol. The van der Waals surface area contributed by atoms with Crippen LogP contribution in [0.4, 0.5) is 4.39 Å². The molecule has 0 aromatic heterocycles. The minimum Gasteiger partial charge on any atom is -0.247 e. The highest BCUT2D eigenvalue weighted by Gasteiger charge is 2.35. The first-order valence-electron chi connectivity index (χ1n) is 2.28. The second-order valence-corrected chi connectivity index (χ2v) is 1.75. The Balaban J connectivity index is 2.09. The third-order valence-electron chi connectivity index (χ3n) is 1.19. The summed E-state index contributed by atoms with van der Waals surface area (Å²) in [5, 5.41) is 0. The van der Waals surface area contributed by atoms with E-state index < -0.39 is 6.17 Å². The molecular formula is C5H8F. The van der Waals surface area contributed by atoms with Gasteiger partial charge in [0.25, 0.3) is 0 Å². The van der Waals surface area contributed by atoms with Crippen LogP contribution in [-0.2, 0) is 0 Å². The van der Waals surface area contributed by atoms with Crippen molar-refractivity contribution in [3.63, 3.8) is 0 Å². The van der Waals surface area contributed by atoms with Crippen LogP contribution in [0.3, 0.4) is 0 Å². The Kier molecular flexibility index (Phi) is 0.827. The van der Waals surface area contributed by atoms with E-state index in [4.69, 9.17) is 0 Å². The third kappa shape index (κ3) is 0.537. The van der Waals surface area contributed by atoms with Gasteiger partial charge in [-0.3, -0.25) is 0 Å². The lowest BCUT2D eigenvalue weighted by molar-refractivity contribution is 0.458. The van der Waals surface area contributed by atoms with Crippen LogP contribution in [0, 0.1) is 12.3 Å². The van der Waals surface area contributed by atoms with Gasteiger partial charge in [0, 0.05) is 0 Å². The summed E-state index contributed by atoms with van der Waals surface area (Å²) in [6, 6.07) is 0. The maximum atomic E-state index is 11.7. The van der Waals surface area contributed by atoms with Crippen molar-refractivity contribution in [2.45, 2.75) is 19.5 Å². The van der Waals surface area contributed by atoms with Crippen molar-refractivity contribution < 1.29 is 4.39 Å². The van der Waals surface area contributed by atoms with Crippen LogP contribution in [0.25, 0.3) is 0 Å². The van der Waals surface area contributed by atoms with E-state index in [1.54, 1.807) is 0 Å². The zero-order valence-corrected chi connectivity index (χ0v) is 3.82. The average Bonchev–Trinajstić information content (AvgIpc) is 2.19. The Morgan fingerprint density at radius 1 is 1.83 bits per heavy atom. The van der Waals surface area contributed by atoms with Crippen LogP contribution in [0.5, 0.6) is 0 Å². The highest BCUT2D eigenvalue weighted by Crippen LogP contribution is 2.35. The first-order valence-corrected chi connectivity index (χ1v) is 2.28. The van der Waals surface area contributed by atoms with Gasteiger partial charge in [-0.15, -0.1) is 0 Å². The van der Waals surface area contributed by atoms with Crippen LogP contribution in [0.15, 0.2) is 0 Å². The van der Waals surface area contributed by atoms with Crippen molar-refractivity contribution in [3.05, 3.63) is 6.42 Å². The number of hydrogen-bond acceptors (Lipinski definition) is 0. The van der Waals surface area contributed by atoms with Gasteiger partial charge in [0.15, 0.2) is 0 Å². The maximum absolute atomic E-state index is 11.7. The molecule has 0 heterocycles. The topological polar surface area (TPSA) is 0 Å². The molecule has 0 amide bonds. The molecule has 1 heteroatoms. The number of hydrogen-bond donors (Lipinski definition) is 0. The first kappa shape index (κ1) is 4.10. The maximum Gasteiger partial charge on any atom is 0.104 e. The molecule has 0 aromatic rings. The third-order valence-corrected chi connectivity index (χ3v) is 1.19. The molecular weight excluding hydrogens is 79.1 g/mol. The summed E-state index contributed by atoms with van der Waals surface area (Å²) in [4.78, 5) is 0. The second kappa shape index (κ2) is 1.21. The number of halogens is 1. The Morgan fingerprint density at radius 3 is 2.33 bits per heavy atom. The summed E-state index contributed by atoms with van der Waals surface area (Å²) >= 11 is 0. The fraction of sp³-hybridized carbons (Fsp3) is 0.800. The van der Waals surface area contributed by atoms with Gasteiger partial charge in [-0.05, 0) is 18.8 Å². The molecule has 1 saturated carbocycles. The van der Waals surface area contributed by atoms with Crippen LogP contribution in [-0.4, -0.2) is 6.17 Å². The molecule has 0 bridgehead atoms. The average molecular weight is 87.1 g/mol. The first-order chi connectivity index (χ1) is 2.84. The highest BCUT2D eigenvalue weighted by atomic mass is 19.1. The zero-order valence-electron chi connectivity index (χ0n) is 3.82. The van der Waals surface area contributed by atoms with Crippen molar-refractivity contribution in [1.82, 2.24) is 0 Å². The normalized spacial score (nSPS) is 43.0. The van der Waals surface area contributed by atoms with Crippen molar-refractivity contribution >= 4 is 0 Å². The summed E-state index contributed by atoms with van der Waals surface area (Å²) in [6.07, 6.45) is 2.20. The van der Waals surface area contributed by atoms with E-state index in [0.717, 1.165) is 6.42 Å².